The van der Waals surface area contributed by atoms with E-state index in [0.717, 1.165) is 22.6 Å². The molecule has 2 heterocycles. The SMILES string of the molecule is Cc1nn(C)c(C)c1[C@H](C)NC(=O)CCn1c(C)cccc1=O. The summed E-state index contributed by atoms with van der Waals surface area (Å²) in [4.78, 5) is 24.0. The van der Waals surface area contributed by atoms with Crippen LogP contribution in [0.15, 0.2) is 23.0 Å². The van der Waals surface area contributed by atoms with Gasteiger partial charge in [0, 0.05) is 43.0 Å². The molecule has 0 saturated carbocycles. The van der Waals surface area contributed by atoms with Crippen molar-refractivity contribution < 1.29 is 4.79 Å². The molecule has 2 aromatic heterocycles. The first-order valence-electron chi connectivity index (χ1n) is 7.77. The van der Waals surface area contributed by atoms with Gasteiger partial charge in [0.2, 0.25) is 5.91 Å². The number of hydrogen-bond acceptors (Lipinski definition) is 3. The van der Waals surface area contributed by atoms with Crippen LogP contribution in [0.25, 0.3) is 0 Å². The maximum absolute atomic E-state index is 12.2. The van der Waals surface area contributed by atoms with Crippen LogP contribution in [0.4, 0.5) is 0 Å². The smallest absolute Gasteiger partial charge is 0.250 e. The maximum atomic E-state index is 12.2. The molecule has 2 rings (SSSR count). The van der Waals surface area contributed by atoms with E-state index in [1.54, 1.807) is 10.6 Å². The number of pyridine rings is 1. The summed E-state index contributed by atoms with van der Waals surface area (Å²) in [5.74, 6) is -0.0738. The van der Waals surface area contributed by atoms with E-state index in [1.165, 1.54) is 6.07 Å². The molecule has 124 valence electrons. The number of rotatable bonds is 5. The van der Waals surface area contributed by atoms with Crippen LogP contribution in [0.3, 0.4) is 0 Å². The molecule has 0 aliphatic heterocycles. The minimum absolute atomic E-state index is 0.0738. The minimum Gasteiger partial charge on any atom is -0.349 e. The molecule has 0 unspecified atom stereocenters. The fourth-order valence-electron chi connectivity index (χ4n) is 2.93. The zero-order valence-corrected chi connectivity index (χ0v) is 14.4. The monoisotopic (exact) mass is 316 g/mol. The molecule has 6 nitrogen and oxygen atoms in total. The van der Waals surface area contributed by atoms with Crippen molar-refractivity contribution in [1.82, 2.24) is 19.7 Å². The Morgan fingerprint density at radius 3 is 2.57 bits per heavy atom. The van der Waals surface area contributed by atoms with Gasteiger partial charge in [-0.05, 0) is 33.8 Å². The topological polar surface area (TPSA) is 68.9 Å². The molecule has 23 heavy (non-hydrogen) atoms. The van der Waals surface area contributed by atoms with E-state index in [0.29, 0.717) is 6.54 Å². The zero-order chi connectivity index (χ0) is 17.1. The highest BCUT2D eigenvalue weighted by Gasteiger charge is 2.18. The van der Waals surface area contributed by atoms with Crippen LogP contribution in [-0.4, -0.2) is 20.3 Å². The molecule has 0 radical (unpaired) electrons. The number of amides is 1. The molecule has 0 bridgehead atoms. The summed E-state index contributed by atoms with van der Waals surface area (Å²) in [6, 6.07) is 4.99. The first kappa shape index (κ1) is 17.0. The molecule has 0 aliphatic rings. The van der Waals surface area contributed by atoms with E-state index in [2.05, 4.69) is 10.4 Å². The third kappa shape index (κ3) is 3.70. The lowest BCUT2D eigenvalue weighted by Crippen LogP contribution is -2.30. The highest BCUT2D eigenvalue weighted by Crippen LogP contribution is 2.20. The summed E-state index contributed by atoms with van der Waals surface area (Å²) in [5.41, 5.74) is 3.80. The van der Waals surface area contributed by atoms with Crippen LogP contribution >= 0.6 is 0 Å². The van der Waals surface area contributed by atoms with Crippen molar-refractivity contribution in [3.8, 4) is 0 Å². The average Bonchev–Trinajstić information content (AvgIpc) is 2.71. The molecule has 0 saturated heterocycles. The number of hydrogen-bond donors (Lipinski definition) is 1. The molecule has 1 N–H and O–H groups in total. The van der Waals surface area contributed by atoms with Crippen molar-refractivity contribution >= 4 is 5.91 Å². The summed E-state index contributed by atoms with van der Waals surface area (Å²) in [7, 11) is 1.89. The van der Waals surface area contributed by atoms with Crippen molar-refractivity contribution in [2.24, 2.45) is 7.05 Å². The molecular weight excluding hydrogens is 292 g/mol. The van der Waals surface area contributed by atoms with Crippen LogP contribution in [0.5, 0.6) is 0 Å². The van der Waals surface area contributed by atoms with Gasteiger partial charge in [0.1, 0.15) is 0 Å². The van der Waals surface area contributed by atoms with Crippen molar-refractivity contribution in [3.05, 3.63) is 51.2 Å². The van der Waals surface area contributed by atoms with Gasteiger partial charge in [-0.15, -0.1) is 0 Å². The summed E-state index contributed by atoms with van der Waals surface area (Å²) < 4.78 is 3.44. The molecule has 0 fully saturated rings. The quantitative estimate of drug-likeness (QED) is 0.914. The van der Waals surface area contributed by atoms with E-state index >= 15 is 0 Å². The second-order valence-corrected chi connectivity index (χ2v) is 5.90. The Labute approximate surface area is 136 Å². The largest absolute Gasteiger partial charge is 0.349 e. The molecular formula is C17H24N4O2. The van der Waals surface area contributed by atoms with Gasteiger partial charge in [-0.2, -0.15) is 5.10 Å². The van der Waals surface area contributed by atoms with Gasteiger partial charge in [-0.1, -0.05) is 6.07 Å². The van der Waals surface area contributed by atoms with Gasteiger partial charge in [0.25, 0.3) is 5.56 Å². The first-order chi connectivity index (χ1) is 10.8. The second kappa shape index (κ2) is 6.81. The second-order valence-electron chi connectivity index (χ2n) is 5.90. The number of carbonyl (C=O) groups is 1. The van der Waals surface area contributed by atoms with E-state index in [1.807, 2.05) is 45.5 Å². The van der Waals surface area contributed by atoms with Gasteiger partial charge < -0.3 is 9.88 Å². The van der Waals surface area contributed by atoms with Crippen LogP contribution < -0.4 is 10.9 Å². The van der Waals surface area contributed by atoms with Crippen molar-refractivity contribution in [2.45, 2.75) is 46.7 Å². The van der Waals surface area contributed by atoms with Crippen molar-refractivity contribution in [2.75, 3.05) is 0 Å². The van der Waals surface area contributed by atoms with E-state index in [-0.39, 0.29) is 23.9 Å². The molecule has 0 aliphatic carbocycles. The van der Waals surface area contributed by atoms with Gasteiger partial charge >= 0.3 is 0 Å². The lowest BCUT2D eigenvalue weighted by atomic mass is 10.1. The lowest BCUT2D eigenvalue weighted by Gasteiger charge is -2.15. The molecule has 0 spiro atoms. The van der Waals surface area contributed by atoms with E-state index in [9.17, 15) is 9.59 Å². The summed E-state index contributed by atoms with van der Waals surface area (Å²) >= 11 is 0. The maximum Gasteiger partial charge on any atom is 0.250 e. The summed E-state index contributed by atoms with van der Waals surface area (Å²) in [5, 5.41) is 7.37. The average molecular weight is 316 g/mol. The normalized spacial score (nSPS) is 12.2. The fraction of sp³-hybridized carbons (Fsp3) is 0.471. The number of aryl methyl sites for hydroxylation is 3. The zero-order valence-electron chi connectivity index (χ0n) is 14.4. The first-order valence-corrected chi connectivity index (χ1v) is 7.77. The Morgan fingerprint density at radius 1 is 1.30 bits per heavy atom. The third-order valence-corrected chi connectivity index (χ3v) is 4.21. The Bertz CT molecular complexity index is 773. The van der Waals surface area contributed by atoms with Gasteiger partial charge in [0.05, 0.1) is 11.7 Å². The van der Waals surface area contributed by atoms with Crippen molar-refractivity contribution in [1.29, 1.82) is 0 Å². The van der Waals surface area contributed by atoms with Crippen LogP contribution in [0, 0.1) is 20.8 Å². The molecule has 1 atom stereocenters. The molecule has 1 amide bonds. The van der Waals surface area contributed by atoms with Gasteiger partial charge in [0.15, 0.2) is 0 Å². The number of nitrogens with one attached hydrogen (secondary N) is 1. The predicted octanol–water partition coefficient (Wildman–Crippen LogP) is 1.77. The fourth-order valence-corrected chi connectivity index (χ4v) is 2.93. The van der Waals surface area contributed by atoms with E-state index < -0.39 is 0 Å². The number of nitrogens with zero attached hydrogens (tertiary/aromatic N) is 3. The Hall–Kier alpha value is -2.37. The number of carbonyl (C=O) groups excluding carboxylic acids is 1. The standard InChI is InChI=1S/C17H24N4O2/c1-11-7-6-8-16(23)21(11)10-9-15(22)18-12(2)17-13(3)19-20(5)14(17)4/h6-8,12H,9-10H2,1-5H3,(H,18,22)/t12-/m0/s1. The minimum atomic E-state index is -0.107. The third-order valence-electron chi connectivity index (χ3n) is 4.21. The van der Waals surface area contributed by atoms with Gasteiger partial charge in [-0.3, -0.25) is 14.3 Å². The summed E-state index contributed by atoms with van der Waals surface area (Å²) in [6.45, 7) is 8.14. The van der Waals surface area contributed by atoms with Crippen molar-refractivity contribution in [3.63, 3.8) is 0 Å². The lowest BCUT2D eigenvalue weighted by molar-refractivity contribution is -0.121. The predicted molar refractivity (Wildman–Crippen MR) is 89.3 cm³/mol. The Balaban J connectivity index is 2.01. The number of aromatic nitrogens is 3. The summed E-state index contributed by atoms with van der Waals surface area (Å²) in [6.07, 6.45) is 0.271. The molecule has 2 aromatic rings. The highest BCUT2D eigenvalue weighted by molar-refractivity contribution is 5.76. The highest BCUT2D eigenvalue weighted by atomic mass is 16.2. The Morgan fingerprint density at radius 2 is 2.00 bits per heavy atom. The van der Waals surface area contributed by atoms with Crippen LogP contribution in [0.1, 0.15) is 42.0 Å². The van der Waals surface area contributed by atoms with Crippen LogP contribution in [-0.2, 0) is 18.4 Å². The van der Waals surface area contributed by atoms with Crippen LogP contribution in [0.2, 0.25) is 0 Å². The molecule has 0 aromatic carbocycles. The molecule has 6 heteroatoms. The Kier molecular flexibility index (Phi) is 5.03. The van der Waals surface area contributed by atoms with E-state index in [4.69, 9.17) is 0 Å². The van der Waals surface area contributed by atoms with Gasteiger partial charge in [-0.25, -0.2) is 0 Å².